The molecule has 28 heavy (non-hydrogen) atoms. The fraction of sp³-hybridized carbons (Fsp3) is 0.0909. The second-order valence-corrected chi connectivity index (χ2v) is 8.46. The molecule has 0 spiro atoms. The Labute approximate surface area is 177 Å². The highest BCUT2D eigenvalue weighted by Gasteiger charge is 2.14. The molecule has 2 heterocycles. The normalized spacial score (nSPS) is 10.9. The molecule has 3 nitrogen and oxygen atoms in total. The van der Waals surface area contributed by atoms with E-state index in [1.165, 1.54) is 11.3 Å². The summed E-state index contributed by atoms with van der Waals surface area (Å²) in [6.07, 6.45) is 0.711. The number of hydrogen-bond acceptors (Lipinski definition) is 3. The van der Waals surface area contributed by atoms with Gasteiger partial charge in [-0.25, -0.2) is 4.98 Å². The van der Waals surface area contributed by atoms with Gasteiger partial charge in [-0.3, -0.25) is 4.79 Å². The van der Waals surface area contributed by atoms with Crippen LogP contribution in [0.4, 0.5) is 0 Å². The number of hydrogen-bond donors (Lipinski definition) is 1. The van der Waals surface area contributed by atoms with Gasteiger partial charge in [0.15, 0.2) is 0 Å². The highest BCUT2D eigenvalue weighted by Crippen LogP contribution is 2.32. The molecule has 0 aliphatic carbocycles. The van der Waals surface area contributed by atoms with Crippen molar-refractivity contribution in [3.05, 3.63) is 87.2 Å². The third-order valence-electron chi connectivity index (χ3n) is 4.37. The molecule has 1 amide bonds. The molecule has 4 aromatic rings. The average molecular weight is 427 g/mol. The van der Waals surface area contributed by atoms with E-state index in [1.807, 2.05) is 66.7 Å². The molecular weight excluding hydrogens is 411 g/mol. The number of nitrogens with zero attached hydrogens (tertiary/aromatic N) is 1. The number of benzene rings is 2. The van der Waals surface area contributed by atoms with Crippen molar-refractivity contribution >= 4 is 51.3 Å². The van der Waals surface area contributed by atoms with E-state index in [2.05, 4.69) is 5.32 Å². The van der Waals surface area contributed by atoms with E-state index in [0.29, 0.717) is 27.9 Å². The highest BCUT2D eigenvalue weighted by molar-refractivity contribution is 7.19. The van der Waals surface area contributed by atoms with Crippen LogP contribution in [0.1, 0.15) is 15.9 Å². The van der Waals surface area contributed by atoms with Crippen LogP contribution in [-0.2, 0) is 6.42 Å². The zero-order chi connectivity index (χ0) is 19.5. The minimum atomic E-state index is -0.121. The zero-order valence-electron chi connectivity index (χ0n) is 14.8. The Morgan fingerprint density at radius 1 is 1.00 bits per heavy atom. The lowest BCUT2D eigenvalue weighted by molar-refractivity contribution is 0.0956. The van der Waals surface area contributed by atoms with Crippen molar-refractivity contribution in [1.29, 1.82) is 0 Å². The first-order valence-corrected chi connectivity index (χ1v) is 10.4. The monoisotopic (exact) mass is 426 g/mol. The first kappa shape index (κ1) is 18.9. The molecule has 0 fully saturated rings. The molecule has 0 radical (unpaired) electrons. The Balaban J connectivity index is 1.60. The van der Waals surface area contributed by atoms with Crippen LogP contribution in [0.15, 0.2) is 66.7 Å². The summed E-state index contributed by atoms with van der Waals surface area (Å²) < 4.78 is 0.692. The fourth-order valence-electron chi connectivity index (χ4n) is 3.05. The molecule has 2 aromatic carbocycles. The Morgan fingerprint density at radius 3 is 2.64 bits per heavy atom. The van der Waals surface area contributed by atoms with Crippen LogP contribution in [0.3, 0.4) is 0 Å². The van der Waals surface area contributed by atoms with Crippen LogP contribution in [0.25, 0.3) is 21.5 Å². The number of thiophene rings is 1. The van der Waals surface area contributed by atoms with E-state index in [4.69, 9.17) is 28.2 Å². The maximum Gasteiger partial charge on any atom is 0.252 e. The molecule has 0 aliphatic heterocycles. The van der Waals surface area contributed by atoms with Gasteiger partial charge >= 0.3 is 0 Å². The van der Waals surface area contributed by atoms with Crippen LogP contribution in [0.2, 0.25) is 9.36 Å². The van der Waals surface area contributed by atoms with E-state index in [1.54, 1.807) is 0 Å². The molecule has 1 N–H and O–H groups in total. The summed E-state index contributed by atoms with van der Waals surface area (Å²) in [7, 11) is 0. The molecule has 0 atom stereocenters. The lowest BCUT2D eigenvalue weighted by Crippen LogP contribution is -2.26. The lowest BCUT2D eigenvalue weighted by Gasteiger charge is -2.10. The smallest absolute Gasteiger partial charge is 0.252 e. The molecule has 4 rings (SSSR count). The summed E-state index contributed by atoms with van der Waals surface area (Å²) in [6.45, 7) is 0.524. The molecule has 0 saturated carbocycles. The Morgan fingerprint density at radius 2 is 1.86 bits per heavy atom. The lowest BCUT2D eigenvalue weighted by atomic mass is 10.1. The molecular formula is C22H16Cl2N2OS. The van der Waals surface area contributed by atoms with Crippen LogP contribution >= 0.6 is 34.5 Å². The van der Waals surface area contributed by atoms with Gasteiger partial charge in [0.1, 0.15) is 0 Å². The number of carbonyl (C=O) groups is 1. The number of carbonyl (C=O) groups excluding carboxylic acids is 1. The summed E-state index contributed by atoms with van der Waals surface area (Å²) in [5, 5.41) is 4.54. The van der Waals surface area contributed by atoms with Gasteiger partial charge in [-0.2, -0.15) is 0 Å². The average Bonchev–Trinajstić information content (AvgIpc) is 3.13. The minimum Gasteiger partial charge on any atom is -0.352 e. The number of halogens is 2. The van der Waals surface area contributed by atoms with Crippen molar-refractivity contribution < 1.29 is 4.79 Å². The molecule has 0 aliphatic rings. The molecule has 140 valence electrons. The van der Waals surface area contributed by atoms with Crippen molar-refractivity contribution in [1.82, 2.24) is 10.3 Å². The van der Waals surface area contributed by atoms with E-state index < -0.39 is 0 Å². The summed E-state index contributed by atoms with van der Waals surface area (Å²) in [6, 6.07) is 20.9. The van der Waals surface area contributed by atoms with Crippen molar-refractivity contribution in [2.45, 2.75) is 6.42 Å². The maximum atomic E-state index is 12.9. The van der Waals surface area contributed by atoms with Gasteiger partial charge in [0.25, 0.3) is 5.91 Å². The molecule has 0 unspecified atom stereocenters. The fourth-order valence-corrected chi connectivity index (χ4v) is 4.27. The zero-order valence-corrected chi connectivity index (χ0v) is 17.1. The molecule has 2 aromatic heterocycles. The summed E-state index contributed by atoms with van der Waals surface area (Å²) in [4.78, 5) is 18.5. The first-order valence-electron chi connectivity index (χ1n) is 8.78. The number of fused-ring (bicyclic) bond motifs is 1. The van der Waals surface area contributed by atoms with E-state index in [9.17, 15) is 4.79 Å². The third kappa shape index (κ3) is 4.20. The standard InChI is InChI=1S/C22H16Cl2N2OS/c23-15-5-3-4-14(12-15)10-11-25-22(27)17-13-19(20-8-9-21(24)28-20)26-18-7-2-1-6-16(17)18/h1-9,12-13H,10-11H2,(H,25,27). The topological polar surface area (TPSA) is 42.0 Å². The SMILES string of the molecule is O=C(NCCc1cccc(Cl)c1)c1cc(-c2ccc(Cl)s2)nc2ccccc12. The predicted molar refractivity (Wildman–Crippen MR) is 118 cm³/mol. The number of rotatable bonds is 5. The van der Waals surface area contributed by atoms with Gasteiger partial charge in [0.05, 0.1) is 26.0 Å². The third-order valence-corrected chi connectivity index (χ3v) is 5.86. The minimum absolute atomic E-state index is 0.121. The first-order chi connectivity index (χ1) is 13.6. The van der Waals surface area contributed by atoms with E-state index >= 15 is 0 Å². The number of para-hydroxylation sites is 1. The largest absolute Gasteiger partial charge is 0.352 e. The van der Waals surface area contributed by atoms with Crippen LogP contribution in [0.5, 0.6) is 0 Å². The van der Waals surface area contributed by atoms with Gasteiger partial charge < -0.3 is 5.32 Å². The van der Waals surface area contributed by atoms with Gasteiger partial charge in [-0.1, -0.05) is 53.5 Å². The van der Waals surface area contributed by atoms with E-state index in [-0.39, 0.29) is 5.91 Å². The molecule has 0 saturated heterocycles. The maximum absolute atomic E-state index is 12.9. The second kappa shape index (κ2) is 8.31. The van der Waals surface area contributed by atoms with Crippen molar-refractivity contribution in [2.75, 3.05) is 6.54 Å². The quantitative estimate of drug-likeness (QED) is 0.410. The van der Waals surface area contributed by atoms with E-state index in [0.717, 1.165) is 27.0 Å². The molecule has 0 bridgehead atoms. The van der Waals surface area contributed by atoms with Crippen molar-refractivity contribution in [3.8, 4) is 10.6 Å². The number of pyridine rings is 1. The molecule has 6 heteroatoms. The Hall–Kier alpha value is -2.40. The Kier molecular flexibility index (Phi) is 5.62. The van der Waals surface area contributed by atoms with Crippen LogP contribution < -0.4 is 5.32 Å². The number of amides is 1. The van der Waals surface area contributed by atoms with Gasteiger partial charge in [0.2, 0.25) is 0 Å². The number of aromatic nitrogens is 1. The van der Waals surface area contributed by atoms with Crippen LogP contribution in [-0.4, -0.2) is 17.4 Å². The Bertz CT molecular complexity index is 1160. The number of nitrogens with one attached hydrogen (secondary N) is 1. The van der Waals surface area contributed by atoms with Gasteiger partial charge in [-0.05, 0) is 48.4 Å². The highest BCUT2D eigenvalue weighted by atomic mass is 35.5. The van der Waals surface area contributed by atoms with Gasteiger partial charge in [-0.15, -0.1) is 11.3 Å². The summed E-state index contributed by atoms with van der Waals surface area (Å²) in [5.74, 6) is -0.121. The predicted octanol–water partition coefficient (Wildman–Crippen LogP) is 6.24. The van der Waals surface area contributed by atoms with Crippen LogP contribution in [0, 0.1) is 0 Å². The van der Waals surface area contributed by atoms with Gasteiger partial charge in [0, 0.05) is 17.0 Å². The van der Waals surface area contributed by atoms with Crippen molar-refractivity contribution in [2.24, 2.45) is 0 Å². The summed E-state index contributed by atoms with van der Waals surface area (Å²) in [5.41, 5.74) is 3.22. The summed E-state index contributed by atoms with van der Waals surface area (Å²) >= 11 is 13.5. The van der Waals surface area contributed by atoms with Crippen molar-refractivity contribution in [3.63, 3.8) is 0 Å². The second-order valence-electron chi connectivity index (χ2n) is 6.31.